The number of H-pyrrole nitrogens is 1. The third kappa shape index (κ3) is 5.74. The molecule has 0 bridgehead atoms. The molecule has 1 aromatic carbocycles. The second kappa shape index (κ2) is 10.1. The molecule has 0 aliphatic carbocycles. The lowest BCUT2D eigenvalue weighted by molar-refractivity contribution is 0.577. The fourth-order valence-electron chi connectivity index (χ4n) is 2.65. The molecule has 0 saturated carbocycles. The van der Waals surface area contributed by atoms with E-state index in [1.54, 1.807) is 19.4 Å². The summed E-state index contributed by atoms with van der Waals surface area (Å²) in [6.07, 6.45) is 4.09. The van der Waals surface area contributed by atoms with Gasteiger partial charge in [-0.25, -0.2) is 4.98 Å². The normalized spacial score (nSPS) is 11.6. The predicted molar refractivity (Wildman–Crippen MR) is 112 cm³/mol. The van der Waals surface area contributed by atoms with Gasteiger partial charge in [0.05, 0.1) is 6.26 Å². The lowest BCUT2D eigenvalue weighted by Crippen LogP contribution is -2.38. The lowest BCUT2D eigenvalue weighted by Gasteiger charge is -2.11. The molecule has 0 spiro atoms. The number of guanidine groups is 1. The van der Waals surface area contributed by atoms with Gasteiger partial charge in [-0.2, -0.15) is 5.10 Å². The van der Waals surface area contributed by atoms with Gasteiger partial charge in [-0.1, -0.05) is 29.3 Å². The Morgan fingerprint density at radius 3 is 2.79 bits per heavy atom. The Labute approximate surface area is 173 Å². The van der Waals surface area contributed by atoms with E-state index in [1.165, 1.54) is 0 Å². The summed E-state index contributed by atoms with van der Waals surface area (Å²) in [5.41, 5.74) is 1.09. The van der Waals surface area contributed by atoms with E-state index in [9.17, 15) is 0 Å². The van der Waals surface area contributed by atoms with Crippen molar-refractivity contribution in [3.8, 4) is 11.6 Å². The van der Waals surface area contributed by atoms with Crippen LogP contribution in [0.3, 0.4) is 0 Å². The first-order valence-corrected chi connectivity index (χ1v) is 9.75. The quantitative estimate of drug-likeness (QED) is 0.293. The number of nitrogens with zero attached hydrogens (tertiary/aromatic N) is 3. The molecule has 148 valence electrons. The number of halogens is 2. The van der Waals surface area contributed by atoms with Crippen LogP contribution in [0.25, 0.3) is 11.6 Å². The molecule has 2 aromatic heterocycles. The number of aliphatic imine (C=N–C) groups is 1. The van der Waals surface area contributed by atoms with Crippen LogP contribution in [0.2, 0.25) is 10.0 Å². The van der Waals surface area contributed by atoms with Crippen molar-refractivity contribution in [1.82, 2.24) is 25.8 Å². The molecule has 0 radical (unpaired) electrons. The molecule has 0 amide bonds. The SMILES string of the molecule is CN=C(NCCCc1ccc(Cl)cc1Cl)NCCc1nc(-c2ccco2)n[nH]1. The van der Waals surface area contributed by atoms with Gasteiger partial charge in [0.25, 0.3) is 0 Å². The Kier molecular flexibility index (Phi) is 7.33. The topological polar surface area (TPSA) is 91.1 Å². The molecule has 3 N–H and O–H groups in total. The summed E-state index contributed by atoms with van der Waals surface area (Å²) in [5.74, 6) is 2.73. The largest absolute Gasteiger partial charge is 0.461 e. The van der Waals surface area contributed by atoms with Gasteiger partial charge in [0.1, 0.15) is 5.82 Å². The number of furan rings is 1. The van der Waals surface area contributed by atoms with Crippen molar-refractivity contribution in [1.29, 1.82) is 0 Å². The second-order valence-electron chi connectivity index (χ2n) is 6.10. The van der Waals surface area contributed by atoms with Crippen LogP contribution in [0.1, 0.15) is 17.8 Å². The Morgan fingerprint density at radius 1 is 1.18 bits per heavy atom. The smallest absolute Gasteiger partial charge is 0.216 e. The van der Waals surface area contributed by atoms with Gasteiger partial charge >= 0.3 is 0 Å². The van der Waals surface area contributed by atoms with E-state index in [0.29, 0.717) is 34.6 Å². The van der Waals surface area contributed by atoms with Gasteiger partial charge in [0, 0.05) is 36.6 Å². The molecule has 3 rings (SSSR count). The van der Waals surface area contributed by atoms with Crippen LogP contribution in [-0.4, -0.2) is 41.3 Å². The van der Waals surface area contributed by atoms with Crippen LogP contribution in [0.15, 0.2) is 46.0 Å². The Hall–Kier alpha value is -2.51. The zero-order chi connectivity index (χ0) is 19.8. The molecule has 9 heteroatoms. The van der Waals surface area contributed by atoms with E-state index in [0.717, 1.165) is 36.7 Å². The molecule has 0 aliphatic rings. The average molecular weight is 421 g/mol. The van der Waals surface area contributed by atoms with Crippen LogP contribution >= 0.6 is 23.2 Å². The zero-order valence-corrected chi connectivity index (χ0v) is 17.0. The molecular weight excluding hydrogens is 399 g/mol. The molecule has 3 aromatic rings. The van der Waals surface area contributed by atoms with Gasteiger partial charge in [-0.3, -0.25) is 10.1 Å². The van der Waals surface area contributed by atoms with Crippen molar-refractivity contribution < 1.29 is 4.42 Å². The van der Waals surface area contributed by atoms with E-state index < -0.39 is 0 Å². The van der Waals surface area contributed by atoms with Gasteiger partial charge in [-0.15, -0.1) is 0 Å². The third-order valence-corrected chi connectivity index (χ3v) is 4.67. The zero-order valence-electron chi connectivity index (χ0n) is 15.5. The highest BCUT2D eigenvalue weighted by Gasteiger charge is 2.08. The summed E-state index contributed by atoms with van der Waals surface area (Å²) >= 11 is 12.1. The van der Waals surface area contributed by atoms with Crippen molar-refractivity contribution in [2.45, 2.75) is 19.3 Å². The number of rotatable bonds is 8. The van der Waals surface area contributed by atoms with Crippen molar-refractivity contribution in [2.24, 2.45) is 4.99 Å². The summed E-state index contributed by atoms with van der Waals surface area (Å²) < 4.78 is 5.29. The first-order valence-electron chi connectivity index (χ1n) is 8.99. The van der Waals surface area contributed by atoms with Crippen LogP contribution in [0, 0.1) is 0 Å². The molecule has 0 fully saturated rings. The van der Waals surface area contributed by atoms with Crippen LogP contribution in [0.4, 0.5) is 0 Å². The lowest BCUT2D eigenvalue weighted by atomic mass is 10.1. The van der Waals surface area contributed by atoms with Gasteiger partial charge in [0.15, 0.2) is 11.7 Å². The number of nitrogens with one attached hydrogen (secondary N) is 3. The monoisotopic (exact) mass is 420 g/mol. The fraction of sp³-hybridized carbons (Fsp3) is 0.316. The third-order valence-electron chi connectivity index (χ3n) is 4.08. The predicted octanol–water partition coefficient (Wildman–Crippen LogP) is 3.71. The standard InChI is InChI=1S/C19H22Cl2N6O/c1-22-19(23-9-2-4-13-6-7-14(20)12-15(13)21)24-10-8-17-25-18(27-26-17)16-5-3-11-28-16/h3,5-7,11-12H,2,4,8-10H2,1H3,(H2,22,23,24)(H,25,26,27). The van der Waals surface area contributed by atoms with Crippen molar-refractivity contribution in [2.75, 3.05) is 20.1 Å². The van der Waals surface area contributed by atoms with Crippen molar-refractivity contribution >= 4 is 29.2 Å². The maximum Gasteiger partial charge on any atom is 0.216 e. The Morgan fingerprint density at radius 2 is 2.04 bits per heavy atom. The maximum absolute atomic E-state index is 6.20. The van der Waals surface area contributed by atoms with E-state index >= 15 is 0 Å². The van der Waals surface area contributed by atoms with E-state index in [-0.39, 0.29) is 0 Å². The number of benzene rings is 1. The molecule has 7 nitrogen and oxygen atoms in total. The highest BCUT2D eigenvalue weighted by Crippen LogP contribution is 2.21. The van der Waals surface area contributed by atoms with Crippen molar-refractivity contribution in [3.63, 3.8) is 0 Å². The summed E-state index contributed by atoms with van der Waals surface area (Å²) in [6, 6.07) is 9.23. The second-order valence-corrected chi connectivity index (χ2v) is 6.94. The minimum atomic E-state index is 0.559. The van der Waals surface area contributed by atoms with Crippen LogP contribution in [-0.2, 0) is 12.8 Å². The number of aryl methyl sites for hydroxylation is 1. The molecule has 2 heterocycles. The average Bonchev–Trinajstić information content (AvgIpc) is 3.36. The maximum atomic E-state index is 6.20. The molecule has 0 saturated heterocycles. The first-order chi connectivity index (χ1) is 13.7. The number of hydrogen-bond acceptors (Lipinski definition) is 4. The van der Waals surface area contributed by atoms with E-state index in [2.05, 4.69) is 30.8 Å². The Balaban J connectivity index is 1.37. The highest BCUT2D eigenvalue weighted by atomic mass is 35.5. The minimum absolute atomic E-state index is 0.559. The highest BCUT2D eigenvalue weighted by molar-refractivity contribution is 6.35. The summed E-state index contributed by atoms with van der Waals surface area (Å²) in [5, 5.41) is 15.0. The van der Waals surface area contributed by atoms with Gasteiger partial charge in [-0.05, 0) is 42.7 Å². The number of aromatic nitrogens is 3. The molecule has 0 atom stereocenters. The molecule has 0 aliphatic heterocycles. The van der Waals surface area contributed by atoms with E-state index in [1.807, 2.05) is 24.3 Å². The Bertz CT molecular complexity index is 907. The molecule has 28 heavy (non-hydrogen) atoms. The molecular formula is C19H22Cl2N6O. The van der Waals surface area contributed by atoms with Crippen LogP contribution < -0.4 is 10.6 Å². The summed E-state index contributed by atoms with van der Waals surface area (Å²) in [7, 11) is 1.74. The van der Waals surface area contributed by atoms with Crippen LogP contribution in [0.5, 0.6) is 0 Å². The first kappa shape index (κ1) is 20.2. The van der Waals surface area contributed by atoms with E-state index in [4.69, 9.17) is 27.6 Å². The van der Waals surface area contributed by atoms with Crippen molar-refractivity contribution in [3.05, 3.63) is 58.0 Å². The fourth-order valence-corrected chi connectivity index (χ4v) is 3.16. The van der Waals surface area contributed by atoms with Gasteiger partial charge in [0.2, 0.25) is 5.82 Å². The summed E-state index contributed by atoms with van der Waals surface area (Å²) in [6.45, 7) is 1.46. The summed E-state index contributed by atoms with van der Waals surface area (Å²) in [4.78, 5) is 8.64. The minimum Gasteiger partial charge on any atom is -0.461 e. The number of aromatic amines is 1. The number of hydrogen-bond donors (Lipinski definition) is 3. The van der Waals surface area contributed by atoms with Gasteiger partial charge < -0.3 is 15.1 Å². The molecule has 0 unspecified atom stereocenters.